The van der Waals surface area contributed by atoms with Crippen molar-refractivity contribution in [2.45, 2.75) is 13.2 Å². The molecule has 1 fully saturated rings. The summed E-state index contributed by atoms with van der Waals surface area (Å²) in [5.41, 5.74) is 2.21. The highest BCUT2D eigenvalue weighted by Crippen LogP contribution is 2.21. The van der Waals surface area contributed by atoms with Crippen LogP contribution >= 0.6 is 23.8 Å². The van der Waals surface area contributed by atoms with Crippen molar-refractivity contribution in [3.63, 3.8) is 0 Å². The Kier molecular flexibility index (Phi) is 6.30. The van der Waals surface area contributed by atoms with Gasteiger partial charge in [-0.1, -0.05) is 41.9 Å². The van der Waals surface area contributed by atoms with Gasteiger partial charge in [-0.2, -0.15) is 0 Å². The molecule has 29 heavy (non-hydrogen) atoms. The molecule has 0 saturated carbocycles. The Labute approximate surface area is 180 Å². The van der Waals surface area contributed by atoms with E-state index in [9.17, 15) is 0 Å². The molecule has 1 aliphatic heterocycles. The maximum absolute atomic E-state index is 5.99. The third-order valence-corrected chi connectivity index (χ3v) is 5.52. The predicted octanol–water partition coefficient (Wildman–Crippen LogP) is 3.98. The summed E-state index contributed by atoms with van der Waals surface area (Å²) in [6, 6.07) is 18.1. The van der Waals surface area contributed by atoms with Gasteiger partial charge >= 0.3 is 0 Å². The SMILES string of the molecule is CN(Cc1ccc(Cl)cc1)Cn1nc(N2CCOCC2)n(-c2ccccc2)c1=S. The molecule has 8 heteroatoms. The number of nitrogens with zero attached hydrogens (tertiary/aromatic N) is 5. The van der Waals surface area contributed by atoms with Gasteiger partial charge in [-0.05, 0) is 49.1 Å². The molecule has 1 saturated heterocycles. The van der Waals surface area contributed by atoms with Gasteiger partial charge in [0.15, 0.2) is 0 Å². The number of benzene rings is 2. The summed E-state index contributed by atoms with van der Waals surface area (Å²) in [5, 5.41) is 5.63. The van der Waals surface area contributed by atoms with Gasteiger partial charge in [0, 0.05) is 24.7 Å². The number of morpholine rings is 1. The van der Waals surface area contributed by atoms with Crippen molar-refractivity contribution in [2.75, 3.05) is 38.3 Å². The Balaban J connectivity index is 1.62. The summed E-state index contributed by atoms with van der Waals surface area (Å²) >= 11 is 11.8. The topological polar surface area (TPSA) is 38.5 Å². The van der Waals surface area contributed by atoms with E-state index in [1.807, 2.05) is 47.1 Å². The van der Waals surface area contributed by atoms with Gasteiger partial charge in [-0.15, -0.1) is 5.10 Å². The first-order chi connectivity index (χ1) is 14.1. The van der Waals surface area contributed by atoms with Crippen molar-refractivity contribution in [1.82, 2.24) is 19.2 Å². The standard InChI is InChI=1S/C21H24ClN5OS/c1-24(15-17-7-9-18(22)10-8-17)16-26-21(29)27(19-5-3-2-4-6-19)20(23-26)25-11-13-28-14-12-25/h2-10H,11-16H2,1H3. The van der Waals surface area contributed by atoms with Crippen LogP contribution in [0.4, 0.5) is 5.95 Å². The average molecular weight is 430 g/mol. The van der Waals surface area contributed by atoms with E-state index < -0.39 is 0 Å². The molecule has 4 rings (SSSR count). The van der Waals surface area contributed by atoms with Crippen molar-refractivity contribution in [2.24, 2.45) is 0 Å². The lowest BCUT2D eigenvalue weighted by Gasteiger charge is -2.27. The minimum Gasteiger partial charge on any atom is -0.378 e. The molecule has 1 aliphatic rings. The zero-order valence-corrected chi connectivity index (χ0v) is 17.9. The van der Waals surface area contributed by atoms with Crippen LogP contribution < -0.4 is 4.90 Å². The first-order valence-electron chi connectivity index (χ1n) is 9.63. The predicted molar refractivity (Wildman–Crippen MR) is 118 cm³/mol. The van der Waals surface area contributed by atoms with Crippen molar-refractivity contribution in [1.29, 1.82) is 0 Å². The minimum atomic E-state index is 0.596. The zero-order chi connectivity index (χ0) is 20.2. The largest absolute Gasteiger partial charge is 0.378 e. The van der Waals surface area contributed by atoms with E-state index in [2.05, 4.69) is 33.5 Å². The monoisotopic (exact) mass is 429 g/mol. The van der Waals surface area contributed by atoms with Gasteiger partial charge in [0.1, 0.15) is 0 Å². The smallest absolute Gasteiger partial charge is 0.230 e. The number of aromatic nitrogens is 3. The fourth-order valence-corrected chi connectivity index (χ4v) is 3.85. The molecule has 0 aliphatic carbocycles. The molecule has 0 N–H and O–H groups in total. The highest BCUT2D eigenvalue weighted by atomic mass is 35.5. The lowest BCUT2D eigenvalue weighted by atomic mass is 10.2. The summed E-state index contributed by atoms with van der Waals surface area (Å²) in [5.74, 6) is 0.865. The summed E-state index contributed by atoms with van der Waals surface area (Å²) in [7, 11) is 2.06. The van der Waals surface area contributed by atoms with Crippen LogP contribution in [0.1, 0.15) is 5.56 Å². The van der Waals surface area contributed by atoms with Gasteiger partial charge in [0.2, 0.25) is 10.7 Å². The molecule has 0 bridgehead atoms. The zero-order valence-electron chi connectivity index (χ0n) is 16.4. The van der Waals surface area contributed by atoms with E-state index in [0.29, 0.717) is 24.7 Å². The van der Waals surface area contributed by atoms with Crippen LogP contribution in [-0.4, -0.2) is 52.6 Å². The van der Waals surface area contributed by atoms with Crippen molar-refractivity contribution in [3.8, 4) is 5.69 Å². The van der Waals surface area contributed by atoms with E-state index in [-0.39, 0.29) is 0 Å². The second-order valence-corrected chi connectivity index (χ2v) is 7.94. The van der Waals surface area contributed by atoms with Gasteiger partial charge < -0.3 is 9.64 Å². The van der Waals surface area contributed by atoms with Crippen LogP contribution in [0.25, 0.3) is 5.69 Å². The number of hydrogen-bond acceptors (Lipinski definition) is 5. The summed E-state index contributed by atoms with van der Waals surface area (Å²) in [4.78, 5) is 4.42. The Morgan fingerprint density at radius 3 is 2.45 bits per heavy atom. The number of hydrogen-bond donors (Lipinski definition) is 0. The van der Waals surface area contributed by atoms with Crippen LogP contribution in [0.3, 0.4) is 0 Å². The van der Waals surface area contributed by atoms with Crippen molar-refractivity contribution >= 4 is 29.8 Å². The number of halogens is 1. The molecule has 1 aromatic heterocycles. The molecule has 2 heterocycles. The molecular weight excluding hydrogens is 406 g/mol. The van der Waals surface area contributed by atoms with Crippen molar-refractivity contribution in [3.05, 3.63) is 70.0 Å². The summed E-state index contributed by atoms with van der Waals surface area (Å²) in [6.45, 7) is 4.39. The molecular formula is C21H24ClN5OS. The fourth-order valence-electron chi connectivity index (χ4n) is 3.44. The Morgan fingerprint density at radius 2 is 1.76 bits per heavy atom. The second kappa shape index (κ2) is 9.09. The van der Waals surface area contributed by atoms with Crippen LogP contribution in [0.5, 0.6) is 0 Å². The van der Waals surface area contributed by atoms with Gasteiger partial charge in [0.05, 0.1) is 25.6 Å². The van der Waals surface area contributed by atoms with Crippen LogP contribution in [0.15, 0.2) is 54.6 Å². The number of anilines is 1. The minimum absolute atomic E-state index is 0.596. The van der Waals surface area contributed by atoms with Gasteiger partial charge in [-0.3, -0.25) is 9.47 Å². The number of ether oxygens (including phenoxy) is 1. The molecule has 0 spiro atoms. The molecule has 0 amide bonds. The van der Waals surface area contributed by atoms with E-state index in [1.54, 1.807) is 0 Å². The third kappa shape index (κ3) is 4.70. The Morgan fingerprint density at radius 1 is 1.07 bits per heavy atom. The van der Waals surface area contributed by atoms with Crippen LogP contribution in [0.2, 0.25) is 5.02 Å². The molecule has 6 nitrogen and oxygen atoms in total. The van der Waals surface area contributed by atoms with Crippen LogP contribution in [0, 0.1) is 4.77 Å². The Hall–Kier alpha value is -2.19. The maximum Gasteiger partial charge on any atom is 0.230 e. The summed E-state index contributed by atoms with van der Waals surface area (Å²) < 4.78 is 10.1. The summed E-state index contributed by atoms with van der Waals surface area (Å²) in [6.07, 6.45) is 0. The highest BCUT2D eigenvalue weighted by Gasteiger charge is 2.21. The quantitative estimate of drug-likeness (QED) is 0.554. The van der Waals surface area contributed by atoms with E-state index >= 15 is 0 Å². The average Bonchev–Trinajstić information content (AvgIpc) is 3.07. The normalized spacial score (nSPS) is 14.5. The van der Waals surface area contributed by atoms with E-state index in [4.69, 9.17) is 33.7 Å². The lowest BCUT2D eigenvalue weighted by Crippen LogP contribution is -2.38. The molecule has 0 atom stereocenters. The molecule has 3 aromatic rings. The lowest BCUT2D eigenvalue weighted by molar-refractivity contribution is 0.121. The maximum atomic E-state index is 5.99. The highest BCUT2D eigenvalue weighted by molar-refractivity contribution is 7.71. The first-order valence-corrected chi connectivity index (χ1v) is 10.4. The molecule has 152 valence electrons. The van der Waals surface area contributed by atoms with Gasteiger partial charge in [0.25, 0.3) is 0 Å². The Bertz CT molecular complexity index is 996. The number of para-hydroxylation sites is 1. The number of rotatable bonds is 6. The second-order valence-electron chi connectivity index (χ2n) is 7.13. The van der Waals surface area contributed by atoms with E-state index in [0.717, 1.165) is 36.3 Å². The van der Waals surface area contributed by atoms with Crippen molar-refractivity contribution < 1.29 is 4.74 Å². The molecule has 0 radical (unpaired) electrons. The van der Waals surface area contributed by atoms with E-state index in [1.165, 1.54) is 5.56 Å². The third-order valence-electron chi connectivity index (χ3n) is 4.87. The van der Waals surface area contributed by atoms with Crippen LogP contribution in [-0.2, 0) is 18.0 Å². The molecule has 0 unspecified atom stereocenters. The fraction of sp³-hybridized carbons (Fsp3) is 0.333. The first kappa shape index (κ1) is 20.1. The molecule has 2 aromatic carbocycles. The van der Waals surface area contributed by atoms with Gasteiger partial charge in [-0.25, -0.2) is 4.68 Å².